The van der Waals surface area contributed by atoms with Crippen molar-refractivity contribution in [1.29, 1.82) is 0 Å². The fourth-order valence-electron chi connectivity index (χ4n) is 2.26. The highest BCUT2D eigenvalue weighted by Gasteiger charge is 2.34. The van der Waals surface area contributed by atoms with Crippen LogP contribution in [0.3, 0.4) is 0 Å². The van der Waals surface area contributed by atoms with Gasteiger partial charge in [0.05, 0.1) is 11.9 Å². The second-order valence-electron chi connectivity index (χ2n) is 4.62. The van der Waals surface area contributed by atoms with Gasteiger partial charge in [0.25, 0.3) is 0 Å². The fraction of sp³-hybridized carbons (Fsp3) is 0.308. The minimum Gasteiger partial charge on any atom is -0.321 e. The molecule has 88 valence electrons. The number of hydrogen-bond acceptors (Lipinski definition) is 2. The van der Waals surface area contributed by atoms with Crippen LogP contribution >= 0.6 is 11.6 Å². The van der Waals surface area contributed by atoms with E-state index in [0.717, 1.165) is 18.5 Å². The molecule has 0 bridgehead atoms. The Morgan fingerprint density at radius 3 is 2.35 bits per heavy atom. The maximum atomic E-state index is 6.27. The first-order valence-corrected chi connectivity index (χ1v) is 6.16. The van der Waals surface area contributed by atoms with Gasteiger partial charge in [0, 0.05) is 5.54 Å². The second kappa shape index (κ2) is 3.86. The predicted molar refractivity (Wildman–Crippen MR) is 68.3 cm³/mol. The molecule has 17 heavy (non-hydrogen) atoms. The van der Waals surface area contributed by atoms with Crippen LogP contribution in [-0.2, 0) is 5.54 Å². The third-order valence-electron chi connectivity index (χ3n) is 3.53. The van der Waals surface area contributed by atoms with Crippen LogP contribution in [0.25, 0.3) is 5.69 Å². The van der Waals surface area contributed by atoms with Crippen molar-refractivity contribution in [1.82, 2.24) is 9.78 Å². The van der Waals surface area contributed by atoms with Gasteiger partial charge >= 0.3 is 0 Å². The summed E-state index contributed by atoms with van der Waals surface area (Å²) in [5, 5.41) is 4.78. The van der Waals surface area contributed by atoms with E-state index in [-0.39, 0.29) is 5.54 Å². The Labute approximate surface area is 105 Å². The highest BCUT2D eigenvalue weighted by atomic mass is 35.5. The van der Waals surface area contributed by atoms with E-state index >= 15 is 0 Å². The van der Waals surface area contributed by atoms with Crippen LogP contribution in [0.4, 0.5) is 0 Å². The molecule has 0 aliphatic heterocycles. The Morgan fingerprint density at radius 2 is 1.88 bits per heavy atom. The molecular weight excluding hydrogens is 234 g/mol. The van der Waals surface area contributed by atoms with Crippen LogP contribution in [0, 0.1) is 0 Å². The lowest BCUT2D eigenvalue weighted by molar-refractivity contribution is 0.253. The van der Waals surface area contributed by atoms with Crippen molar-refractivity contribution in [2.24, 2.45) is 5.73 Å². The second-order valence-corrected chi connectivity index (χ2v) is 5.01. The first-order chi connectivity index (χ1) is 8.19. The van der Waals surface area contributed by atoms with Crippen molar-refractivity contribution in [2.75, 3.05) is 0 Å². The topological polar surface area (TPSA) is 43.8 Å². The van der Waals surface area contributed by atoms with Crippen LogP contribution in [-0.4, -0.2) is 9.78 Å². The Morgan fingerprint density at radius 1 is 1.18 bits per heavy atom. The van der Waals surface area contributed by atoms with Crippen LogP contribution in [0.15, 0.2) is 36.5 Å². The monoisotopic (exact) mass is 247 g/mol. The van der Waals surface area contributed by atoms with Gasteiger partial charge in [0.15, 0.2) is 0 Å². The van der Waals surface area contributed by atoms with Crippen molar-refractivity contribution in [3.05, 3.63) is 47.2 Å². The summed E-state index contributed by atoms with van der Waals surface area (Å²) < 4.78 is 1.70. The molecule has 1 aromatic carbocycles. The molecular formula is C13H14ClN3. The molecule has 3 nitrogen and oxygen atoms in total. The number of nitrogens with zero attached hydrogens (tertiary/aromatic N) is 2. The highest BCUT2D eigenvalue weighted by Crippen LogP contribution is 2.38. The summed E-state index contributed by atoms with van der Waals surface area (Å²) in [5.41, 5.74) is 8.34. The molecule has 1 heterocycles. The SMILES string of the molecule is NC1(c2ccc(-n3nccc3Cl)cc2)CCC1. The largest absolute Gasteiger partial charge is 0.321 e. The molecule has 0 radical (unpaired) electrons. The van der Waals surface area contributed by atoms with Gasteiger partial charge in [-0.2, -0.15) is 5.10 Å². The Hall–Kier alpha value is -1.32. The Kier molecular flexibility index (Phi) is 2.45. The van der Waals surface area contributed by atoms with Crippen molar-refractivity contribution in [2.45, 2.75) is 24.8 Å². The lowest BCUT2D eigenvalue weighted by Gasteiger charge is -2.38. The molecule has 1 saturated carbocycles. The fourth-order valence-corrected chi connectivity index (χ4v) is 2.46. The summed E-state index contributed by atoms with van der Waals surface area (Å²) in [6, 6.07) is 9.95. The zero-order chi connectivity index (χ0) is 11.9. The molecule has 4 heteroatoms. The van der Waals surface area contributed by atoms with Crippen molar-refractivity contribution in [3.63, 3.8) is 0 Å². The van der Waals surface area contributed by atoms with E-state index < -0.39 is 0 Å². The maximum absolute atomic E-state index is 6.27. The molecule has 2 N–H and O–H groups in total. The molecule has 0 atom stereocenters. The van der Waals surface area contributed by atoms with Crippen molar-refractivity contribution >= 4 is 11.6 Å². The van der Waals surface area contributed by atoms with E-state index in [9.17, 15) is 0 Å². The van der Waals surface area contributed by atoms with E-state index in [1.54, 1.807) is 16.9 Å². The van der Waals surface area contributed by atoms with Gasteiger partial charge in [-0.15, -0.1) is 0 Å². The molecule has 1 aromatic heterocycles. The van der Waals surface area contributed by atoms with Gasteiger partial charge in [-0.3, -0.25) is 0 Å². The molecule has 0 unspecified atom stereocenters. The van der Waals surface area contributed by atoms with Gasteiger partial charge in [-0.1, -0.05) is 23.7 Å². The molecule has 3 rings (SSSR count). The molecule has 0 saturated heterocycles. The predicted octanol–water partition coefficient (Wildman–Crippen LogP) is 2.86. The van der Waals surface area contributed by atoms with E-state index in [1.807, 2.05) is 12.1 Å². The van der Waals surface area contributed by atoms with E-state index in [0.29, 0.717) is 5.15 Å². The first-order valence-electron chi connectivity index (χ1n) is 5.78. The third-order valence-corrected chi connectivity index (χ3v) is 3.82. The lowest BCUT2D eigenvalue weighted by atomic mass is 9.73. The van der Waals surface area contributed by atoms with Gasteiger partial charge in [-0.25, -0.2) is 4.68 Å². The average molecular weight is 248 g/mol. The van der Waals surface area contributed by atoms with E-state index in [4.69, 9.17) is 17.3 Å². The zero-order valence-corrected chi connectivity index (χ0v) is 10.2. The van der Waals surface area contributed by atoms with Crippen molar-refractivity contribution < 1.29 is 0 Å². The summed E-state index contributed by atoms with van der Waals surface area (Å²) >= 11 is 6.02. The number of hydrogen-bond donors (Lipinski definition) is 1. The number of nitrogens with two attached hydrogens (primary N) is 1. The standard InChI is InChI=1S/C13H14ClN3/c14-12-6-9-16-17(12)11-4-2-10(3-5-11)13(15)7-1-8-13/h2-6,9H,1,7-8,15H2. The number of aromatic nitrogens is 2. The van der Waals surface area contributed by atoms with Crippen LogP contribution in [0.2, 0.25) is 5.15 Å². The lowest BCUT2D eigenvalue weighted by Crippen LogP contribution is -2.43. The third kappa shape index (κ3) is 1.75. The highest BCUT2D eigenvalue weighted by molar-refractivity contribution is 6.29. The summed E-state index contributed by atoms with van der Waals surface area (Å²) in [6.07, 6.45) is 5.07. The van der Waals surface area contributed by atoms with Crippen molar-refractivity contribution in [3.8, 4) is 5.69 Å². The van der Waals surface area contributed by atoms with Gasteiger partial charge in [-0.05, 0) is 43.0 Å². The number of rotatable bonds is 2. The average Bonchev–Trinajstić information content (AvgIpc) is 2.73. The minimum atomic E-state index is -0.105. The summed E-state index contributed by atoms with van der Waals surface area (Å²) in [4.78, 5) is 0. The van der Waals surface area contributed by atoms with E-state index in [2.05, 4.69) is 17.2 Å². The van der Waals surface area contributed by atoms with E-state index in [1.165, 1.54) is 12.0 Å². The summed E-state index contributed by atoms with van der Waals surface area (Å²) in [5.74, 6) is 0. The molecule has 1 fully saturated rings. The smallest absolute Gasteiger partial charge is 0.132 e. The zero-order valence-electron chi connectivity index (χ0n) is 9.44. The molecule has 0 amide bonds. The number of benzene rings is 1. The Bertz CT molecular complexity index is 526. The Balaban J connectivity index is 1.93. The summed E-state index contributed by atoms with van der Waals surface area (Å²) in [7, 11) is 0. The molecule has 2 aromatic rings. The van der Waals surface area contributed by atoms with Gasteiger partial charge in [0.1, 0.15) is 5.15 Å². The first kappa shape index (κ1) is 10.8. The van der Waals surface area contributed by atoms with Gasteiger partial charge < -0.3 is 5.73 Å². The van der Waals surface area contributed by atoms with Crippen LogP contribution in [0.5, 0.6) is 0 Å². The van der Waals surface area contributed by atoms with Crippen LogP contribution < -0.4 is 5.73 Å². The van der Waals surface area contributed by atoms with Crippen LogP contribution in [0.1, 0.15) is 24.8 Å². The number of halogens is 1. The maximum Gasteiger partial charge on any atom is 0.132 e. The molecule has 0 spiro atoms. The molecule has 1 aliphatic rings. The summed E-state index contributed by atoms with van der Waals surface area (Å²) in [6.45, 7) is 0. The molecule has 1 aliphatic carbocycles. The quantitative estimate of drug-likeness (QED) is 0.887. The normalized spacial score (nSPS) is 17.8. The minimum absolute atomic E-state index is 0.105. The van der Waals surface area contributed by atoms with Gasteiger partial charge in [0.2, 0.25) is 0 Å².